The summed E-state index contributed by atoms with van der Waals surface area (Å²) < 4.78 is 5.77. The number of carbonyl (C=O) groups excluding carboxylic acids is 1. The van der Waals surface area contributed by atoms with Crippen molar-refractivity contribution >= 4 is 23.2 Å². The molecule has 0 bridgehead atoms. The molecular weight excluding hydrogens is 386 g/mol. The van der Waals surface area contributed by atoms with Gasteiger partial charge in [0.2, 0.25) is 0 Å². The van der Waals surface area contributed by atoms with Crippen molar-refractivity contribution in [3.05, 3.63) is 57.9 Å². The number of nitrogens with one attached hydrogen (secondary N) is 2. The van der Waals surface area contributed by atoms with E-state index in [0.717, 1.165) is 58.9 Å². The summed E-state index contributed by atoms with van der Waals surface area (Å²) in [6.45, 7) is 7.17. The number of hydrogen-bond donors (Lipinski definition) is 2. The van der Waals surface area contributed by atoms with Crippen LogP contribution in [0, 0.1) is 11.3 Å². The number of aryl methyl sites for hydroxylation is 1. The zero-order chi connectivity index (χ0) is 21.3. The van der Waals surface area contributed by atoms with Gasteiger partial charge in [0.1, 0.15) is 5.82 Å². The van der Waals surface area contributed by atoms with Gasteiger partial charge in [-0.3, -0.25) is 0 Å². The third kappa shape index (κ3) is 3.05. The molecule has 0 radical (unpaired) electrons. The highest BCUT2D eigenvalue weighted by Crippen LogP contribution is 2.54. The minimum Gasteiger partial charge on any atom is -0.462 e. The maximum absolute atomic E-state index is 13.3. The lowest BCUT2D eigenvalue weighted by Crippen LogP contribution is -2.32. The summed E-state index contributed by atoms with van der Waals surface area (Å²) >= 11 is 0. The molecule has 160 valence electrons. The van der Waals surface area contributed by atoms with Gasteiger partial charge in [-0.1, -0.05) is 32.0 Å². The SMILES string of the molecule is CC1=C(C(=O)OCC2CC2)C2c3ccccc3Nc3c4c(nc(c32)N1)CCC(C)(C)C4. The van der Waals surface area contributed by atoms with Crippen LogP contribution in [0.1, 0.15) is 68.3 Å². The van der Waals surface area contributed by atoms with Gasteiger partial charge in [0.05, 0.1) is 23.8 Å². The lowest BCUT2D eigenvalue weighted by Gasteiger charge is -2.40. The Bertz CT molecular complexity index is 1140. The van der Waals surface area contributed by atoms with Gasteiger partial charge < -0.3 is 15.4 Å². The molecule has 1 fully saturated rings. The number of fused-ring (bicyclic) bond motifs is 4. The van der Waals surface area contributed by atoms with Crippen molar-refractivity contribution in [3.8, 4) is 0 Å². The second kappa shape index (κ2) is 6.59. The predicted octanol–water partition coefficient (Wildman–Crippen LogP) is 5.44. The number of ether oxygens (including phenoxy) is 1. The normalized spacial score (nSPS) is 22.5. The van der Waals surface area contributed by atoms with Gasteiger partial charge in [-0.15, -0.1) is 0 Å². The van der Waals surface area contributed by atoms with E-state index in [2.05, 4.69) is 42.7 Å². The average Bonchev–Trinajstić information content (AvgIpc) is 3.56. The molecule has 1 saturated carbocycles. The molecule has 4 aliphatic rings. The molecule has 6 rings (SSSR count). The van der Waals surface area contributed by atoms with Crippen LogP contribution in [0.4, 0.5) is 17.2 Å². The first-order valence-electron chi connectivity index (χ1n) is 11.5. The van der Waals surface area contributed by atoms with Crippen molar-refractivity contribution in [1.29, 1.82) is 0 Å². The van der Waals surface area contributed by atoms with E-state index in [4.69, 9.17) is 9.72 Å². The first-order chi connectivity index (χ1) is 14.9. The van der Waals surface area contributed by atoms with Crippen molar-refractivity contribution in [2.24, 2.45) is 11.3 Å². The Hall–Kier alpha value is -2.82. The standard InChI is InChI=1S/C26H29N3O2/c1-14-20(25(30)31-13-15-8-9-15)21-16-6-4-5-7-18(16)28-23-17-12-26(2,3)11-10-19(17)29-24(27-14)22(21)23/h4-7,15,21,28H,8-13H2,1-3H3,(H,27,29). The fourth-order valence-electron chi connectivity index (χ4n) is 5.37. The minimum absolute atomic E-state index is 0.154. The Morgan fingerprint density at radius 2 is 2.03 bits per heavy atom. The molecule has 1 aromatic carbocycles. The van der Waals surface area contributed by atoms with Crippen LogP contribution in [0.2, 0.25) is 0 Å². The molecular formula is C26H29N3O2. The van der Waals surface area contributed by atoms with E-state index in [1.807, 2.05) is 13.0 Å². The van der Waals surface area contributed by atoms with E-state index in [1.54, 1.807) is 0 Å². The number of hydrogen-bond acceptors (Lipinski definition) is 5. The highest BCUT2D eigenvalue weighted by molar-refractivity contribution is 5.98. The molecule has 0 amide bonds. The number of aromatic nitrogens is 1. The molecule has 31 heavy (non-hydrogen) atoms. The van der Waals surface area contributed by atoms with Crippen LogP contribution in [-0.4, -0.2) is 17.6 Å². The Morgan fingerprint density at radius 1 is 1.23 bits per heavy atom. The van der Waals surface area contributed by atoms with Crippen LogP contribution in [-0.2, 0) is 22.4 Å². The van der Waals surface area contributed by atoms with Crippen LogP contribution in [0.25, 0.3) is 0 Å². The van der Waals surface area contributed by atoms with Crippen molar-refractivity contribution < 1.29 is 9.53 Å². The quantitative estimate of drug-likeness (QED) is 0.654. The second-order valence-corrected chi connectivity index (χ2v) is 10.4. The topological polar surface area (TPSA) is 63.2 Å². The molecule has 2 aliphatic carbocycles. The summed E-state index contributed by atoms with van der Waals surface area (Å²) in [6.07, 6.45) is 5.44. The second-order valence-electron chi connectivity index (χ2n) is 10.4. The smallest absolute Gasteiger partial charge is 0.336 e. The number of anilines is 3. The van der Waals surface area contributed by atoms with E-state index in [1.165, 1.54) is 24.1 Å². The Morgan fingerprint density at radius 3 is 2.84 bits per heavy atom. The van der Waals surface area contributed by atoms with Crippen molar-refractivity contribution in [1.82, 2.24) is 4.98 Å². The molecule has 0 saturated heterocycles. The first-order valence-corrected chi connectivity index (χ1v) is 11.5. The predicted molar refractivity (Wildman–Crippen MR) is 122 cm³/mol. The molecule has 5 nitrogen and oxygen atoms in total. The van der Waals surface area contributed by atoms with Gasteiger partial charge in [0.15, 0.2) is 0 Å². The molecule has 1 aromatic heterocycles. The Labute approximate surface area is 183 Å². The van der Waals surface area contributed by atoms with Crippen molar-refractivity contribution in [2.45, 2.75) is 58.8 Å². The Balaban J connectivity index is 1.52. The van der Waals surface area contributed by atoms with Gasteiger partial charge in [-0.05, 0) is 67.6 Å². The molecule has 2 N–H and O–H groups in total. The molecule has 1 unspecified atom stereocenters. The number of allylic oxidation sites excluding steroid dienone is 1. The van der Waals surface area contributed by atoms with E-state index in [9.17, 15) is 4.79 Å². The zero-order valence-corrected chi connectivity index (χ0v) is 18.5. The third-order valence-corrected chi connectivity index (χ3v) is 7.30. The van der Waals surface area contributed by atoms with Gasteiger partial charge in [0, 0.05) is 22.6 Å². The van der Waals surface area contributed by atoms with Crippen LogP contribution in [0.15, 0.2) is 35.5 Å². The average molecular weight is 416 g/mol. The van der Waals surface area contributed by atoms with Crippen LogP contribution >= 0.6 is 0 Å². The summed E-state index contributed by atoms with van der Waals surface area (Å²) in [7, 11) is 0. The number of esters is 1. The first kappa shape index (κ1) is 18.9. The fourth-order valence-corrected chi connectivity index (χ4v) is 5.37. The van der Waals surface area contributed by atoms with Crippen LogP contribution < -0.4 is 10.6 Å². The van der Waals surface area contributed by atoms with E-state index >= 15 is 0 Å². The maximum atomic E-state index is 13.3. The number of benzene rings is 1. The molecule has 5 heteroatoms. The molecule has 1 atom stereocenters. The van der Waals surface area contributed by atoms with Gasteiger partial charge in [-0.2, -0.15) is 0 Å². The summed E-state index contributed by atoms with van der Waals surface area (Å²) in [5.41, 5.74) is 8.73. The zero-order valence-electron chi connectivity index (χ0n) is 18.5. The molecule has 2 aliphatic heterocycles. The minimum atomic E-state index is -0.201. The van der Waals surface area contributed by atoms with Crippen LogP contribution in [0.3, 0.4) is 0 Å². The van der Waals surface area contributed by atoms with E-state index in [0.29, 0.717) is 12.5 Å². The molecule has 2 aromatic rings. The van der Waals surface area contributed by atoms with Crippen molar-refractivity contribution in [3.63, 3.8) is 0 Å². The Kier molecular flexibility index (Phi) is 4.02. The summed E-state index contributed by atoms with van der Waals surface area (Å²) in [4.78, 5) is 18.4. The van der Waals surface area contributed by atoms with Gasteiger partial charge >= 0.3 is 5.97 Å². The highest BCUT2D eigenvalue weighted by atomic mass is 16.5. The fraction of sp³-hybridized carbons (Fsp3) is 0.462. The lowest BCUT2D eigenvalue weighted by molar-refractivity contribution is -0.139. The van der Waals surface area contributed by atoms with Crippen molar-refractivity contribution in [2.75, 3.05) is 17.2 Å². The van der Waals surface area contributed by atoms with Gasteiger partial charge in [0.25, 0.3) is 0 Å². The summed E-state index contributed by atoms with van der Waals surface area (Å²) in [5.74, 6) is 1.07. The number of pyridine rings is 1. The molecule has 0 spiro atoms. The van der Waals surface area contributed by atoms with Crippen LogP contribution in [0.5, 0.6) is 0 Å². The maximum Gasteiger partial charge on any atom is 0.336 e. The monoisotopic (exact) mass is 415 g/mol. The lowest BCUT2D eigenvalue weighted by atomic mass is 9.72. The third-order valence-electron chi connectivity index (χ3n) is 7.30. The summed E-state index contributed by atoms with van der Waals surface area (Å²) in [6, 6.07) is 8.34. The highest BCUT2D eigenvalue weighted by Gasteiger charge is 2.42. The largest absolute Gasteiger partial charge is 0.462 e. The number of carbonyl (C=O) groups is 1. The summed E-state index contributed by atoms with van der Waals surface area (Å²) in [5, 5.41) is 7.19. The molecule has 3 heterocycles. The number of nitrogens with zero attached hydrogens (tertiary/aromatic N) is 1. The number of para-hydroxylation sites is 1. The van der Waals surface area contributed by atoms with Gasteiger partial charge in [-0.25, -0.2) is 9.78 Å². The number of rotatable bonds is 3. The van der Waals surface area contributed by atoms with E-state index in [-0.39, 0.29) is 17.3 Å². The van der Waals surface area contributed by atoms with E-state index < -0.39 is 0 Å².